The number of hydrogen-bond donors (Lipinski definition) is 4. The number of aromatic amines is 1. The lowest BCUT2D eigenvalue weighted by atomic mass is 10.2. The van der Waals surface area contributed by atoms with Gasteiger partial charge >= 0.3 is 7.69 Å². The summed E-state index contributed by atoms with van der Waals surface area (Å²) in [5.41, 5.74) is 0.553. The van der Waals surface area contributed by atoms with E-state index < -0.39 is 0 Å². The van der Waals surface area contributed by atoms with Crippen molar-refractivity contribution >= 4 is 19.5 Å². The molecule has 0 unspecified atom stereocenters. The molecule has 0 spiro atoms. The first-order valence-electron chi connectivity index (χ1n) is 4.48. The van der Waals surface area contributed by atoms with Crippen molar-refractivity contribution in [3.63, 3.8) is 0 Å². The van der Waals surface area contributed by atoms with Crippen LogP contribution in [0.5, 0.6) is 0 Å². The van der Waals surface area contributed by atoms with E-state index in [4.69, 9.17) is 10.0 Å². The Labute approximate surface area is 97.0 Å². The number of benzene rings is 1. The van der Waals surface area contributed by atoms with Gasteiger partial charge in [-0.1, -0.05) is 23.3 Å². The van der Waals surface area contributed by atoms with Crippen molar-refractivity contribution in [1.82, 2.24) is 20.6 Å². The molecule has 2 rings (SSSR count). The predicted molar refractivity (Wildman–Crippen MR) is 58.8 cm³/mol. The van der Waals surface area contributed by atoms with Crippen LogP contribution in [0.3, 0.4) is 0 Å². The predicted octanol–water partition coefficient (Wildman–Crippen LogP) is -1.04. The molecule has 2 aromatic rings. The van der Waals surface area contributed by atoms with Crippen molar-refractivity contribution in [1.29, 1.82) is 0 Å². The van der Waals surface area contributed by atoms with Gasteiger partial charge in [-0.05, 0) is 17.3 Å². The highest BCUT2D eigenvalue weighted by Gasteiger charge is 2.06. The highest BCUT2D eigenvalue weighted by molar-refractivity contribution is 6.13. The molecule has 1 heterocycles. The van der Waals surface area contributed by atoms with Gasteiger partial charge in [0.15, 0.2) is 0 Å². The summed E-state index contributed by atoms with van der Waals surface area (Å²) >= 11 is 0. The molecule has 87 valence electrons. The van der Waals surface area contributed by atoms with Gasteiger partial charge in [-0.2, -0.15) is 5.21 Å². The number of carbonyl (C=O) groups excluding carboxylic acids is 1. The number of H-pyrrole nitrogens is 1. The Bertz CT molecular complexity index is 436. The average molecular weight is 234 g/mol. The molecule has 9 heteroatoms. The van der Waals surface area contributed by atoms with E-state index in [1.807, 2.05) is 6.07 Å². The maximum absolute atomic E-state index is 11.5. The summed E-state index contributed by atoms with van der Waals surface area (Å²) in [6, 6.07) is 8.81. The fourth-order valence-electron chi connectivity index (χ4n) is 0.978. The lowest BCUT2D eigenvalue weighted by Crippen LogP contribution is -2.12. The van der Waals surface area contributed by atoms with Gasteiger partial charge < -0.3 is 10.0 Å². The lowest BCUT2D eigenvalue weighted by Gasteiger charge is -1.98. The van der Waals surface area contributed by atoms with E-state index in [1.54, 1.807) is 24.3 Å². The average Bonchev–Trinajstić information content (AvgIpc) is 2.84. The highest BCUT2D eigenvalue weighted by atomic mass is 16.4. The van der Waals surface area contributed by atoms with Crippen LogP contribution in [-0.4, -0.2) is 44.3 Å². The van der Waals surface area contributed by atoms with Crippen molar-refractivity contribution < 1.29 is 14.8 Å². The van der Waals surface area contributed by atoms with Crippen LogP contribution in [0.15, 0.2) is 30.3 Å². The third kappa shape index (κ3) is 4.41. The summed E-state index contributed by atoms with van der Waals surface area (Å²) in [5.74, 6) is -0.0918. The molecule has 0 aliphatic carbocycles. The van der Waals surface area contributed by atoms with Gasteiger partial charge in [0.25, 0.3) is 11.9 Å². The number of anilines is 1. The van der Waals surface area contributed by atoms with Crippen LogP contribution in [-0.2, 0) is 0 Å². The molecule has 17 heavy (non-hydrogen) atoms. The number of aromatic nitrogens is 4. The molecule has 4 N–H and O–H groups in total. The number of tetrazole rings is 1. The lowest BCUT2D eigenvalue weighted by molar-refractivity contribution is 0.102. The Balaban J connectivity index is 0.000000437. The first-order valence-corrected chi connectivity index (χ1v) is 4.48. The molecule has 0 fully saturated rings. The zero-order chi connectivity index (χ0) is 12.5. The molecule has 1 amide bonds. The van der Waals surface area contributed by atoms with Crippen LogP contribution in [0, 0.1) is 0 Å². The van der Waals surface area contributed by atoms with Gasteiger partial charge in [0.1, 0.15) is 0 Å². The number of rotatable bonds is 2. The summed E-state index contributed by atoms with van der Waals surface area (Å²) in [6.07, 6.45) is 0. The van der Waals surface area contributed by atoms with Crippen LogP contribution < -0.4 is 5.32 Å². The molecular weight excluding hydrogens is 225 g/mol. The molecule has 1 aromatic heterocycles. The van der Waals surface area contributed by atoms with Crippen molar-refractivity contribution in [2.75, 3.05) is 5.32 Å². The summed E-state index contributed by atoms with van der Waals surface area (Å²) in [4.78, 5) is 11.5. The van der Waals surface area contributed by atoms with E-state index >= 15 is 0 Å². The second-order valence-electron chi connectivity index (χ2n) is 2.67. The first-order chi connectivity index (χ1) is 8.27. The van der Waals surface area contributed by atoms with E-state index in [2.05, 4.69) is 25.9 Å². The molecule has 0 bridgehead atoms. The summed E-state index contributed by atoms with van der Waals surface area (Å²) in [5, 5.41) is 29.2. The minimum absolute atomic E-state index is 0. The standard InChI is InChI=1S/C8H7N5O.BH2O2/c14-7(6-4-2-1-3-5-6)9-8-10-12-13-11-8;2-1-3/h1-5H,(H2,9,10,11,12,13,14);2-3H. The van der Waals surface area contributed by atoms with E-state index in [0.717, 1.165) is 0 Å². The molecule has 8 nitrogen and oxygen atoms in total. The molecule has 0 atom stereocenters. The highest BCUT2D eigenvalue weighted by Crippen LogP contribution is 2.01. The molecule has 1 aromatic carbocycles. The smallest absolute Gasteiger partial charge is 0.429 e. The summed E-state index contributed by atoms with van der Waals surface area (Å²) in [7, 11) is 0. The van der Waals surface area contributed by atoms with Gasteiger partial charge in [-0.3, -0.25) is 10.1 Å². The normalized spacial score (nSPS) is 8.82. The van der Waals surface area contributed by atoms with E-state index in [9.17, 15) is 4.79 Å². The van der Waals surface area contributed by atoms with Gasteiger partial charge in [0.05, 0.1) is 0 Å². The second kappa shape index (κ2) is 7.09. The fraction of sp³-hybridized carbons (Fsp3) is 0. The fourth-order valence-corrected chi connectivity index (χ4v) is 0.978. The zero-order valence-electron chi connectivity index (χ0n) is 8.61. The Morgan fingerprint density at radius 3 is 2.47 bits per heavy atom. The number of carbonyl (C=O) groups is 1. The largest absolute Gasteiger partial charge is 0.482 e. The third-order valence-corrected chi connectivity index (χ3v) is 1.61. The SMILES string of the molecule is O=C(Nc1nn[nH]n1)c1ccccc1.O[B]O. The number of nitrogens with zero attached hydrogens (tertiary/aromatic N) is 3. The number of nitrogens with one attached hydrogen (secondary N) is 2. The molecule has 1 radical (unpaired) electrons. The Morgan fingerprint density at radius 2 is 1.94 bits per heavy atom. The quantitative estimate of drug-likeness (QED) is 0.492. The number of hydrogen-bond acceptors (Lipinski definition) is 6. The summed E-state index contributed by atoms with van der Waals surface area (Å²) < 4.78 is 0. The summed E-state index contributed by atoms with van der Waals surface area (Å²) in [6.45, 7) is 0. The maximum Gasteiger partial charge on any atom is 0.482 e. The Morgan fingerprint density at radius 1 is 1.29 bits per heavy atom. The van der Waals surface area contributed by atoms with Crippen LogP contribution >= 0.6 is 0 Å². The molecule has 0 aliphatic heterocycles. The van der Waals surface area contributed by atoms with Gasteiger partial charge in [0.2, 0.25) is 0 Å². The second-order valence-corrected chi connectivity index (χ2v) is 2.67. The van der Waals surface area contributed by atoms with E-state index in [1.165, 1.54) is 0 Å². The van der Waals surface area contributed by atoms with E-state index in [0.29, 0.717) is 5.56 Å². The molecule has 0 saturated carbocycles. The van der Waals surface area contributed by atoms with Crippen LogP contribution in [0.4, 0.5) is 5.95 Å². The molecule has 0 aliphatic rings. The van der Waals surface area contributed by atoms with Crippen LogP contribution in [0.1, 0.15) is 10.4 Å². The van der Waals surface area contributed by atoms with Crippen LogP contribution in [0.2, 0.25) is 0 Å². The maximum atomic E-state index is 11.5. The molecular formula is C8H9BN5O3. The number of amides is 1. The third-order valence-electron chi connectivity index (χ3n) is 1.61. The van der Waals surface area contributed by atoms with Crippen molar-refractivity contribution in [3.05, 3.63) is 35.9 Å². The van der Waals surface area contributed by atoms with Crippen molar-refractivity contribution in [2.24, 2.45) is 0 Å². The topological polar surface area (TPSA) is 124 Å². The van der Waals surface area contributed by atoms with Gasteiger partial charge in [-0.15, -0.1) is 5.10 Å². The van der Waals surface area contributed by atoms with Crippen LogP contribution in [0.25, 0.3) is 0 Å². The Kier molecular flexibility index (Phi) is 5.34. The van der Waals surface area contributed by atoms with Crippen molar-refractivity contribution in [2.45, 2.75) is 0 Å². The Hall–Kier alpha value is -2.26. The van der Waals surface area contributed by atoms with Gasteiger partial charge in [-0.25, -0.2) is 0 Å². The first kappa shape index (κ1) is 12.8. The molecule has 0 saturated heterocycles. The monoisotopic (exact) mass is 234 g/mol. The minimum atomic E-state index is -0.257. The minimum Gasteiger partial charge on any atom is -0.429 e. The van der Waals surface area contributed by atoms with Gasteiger partial charge in [0, 0.05) is 5.56 Å². The zero-order valence-corrected chi connectivity index (χ0v) is 8.61. The van der Waals surface area contributed by atoms with Crippen molar-refractivity contribution in [3.8, 4) is 0 Å². The van der Waals surface area contributed by atoms with E-state index in [-0.39, 0.29) is 19.5 Å².